The molecule has 1 fully saturated rings. The van der Waals surface area contributed by atoms with E-state index < -0.39 is 36.2 Å². The molecule has 1 aliphatic heterocycles. The number of nitrogens with two attached hydrogens (primary N) is 1. The molecule has 3 rings (SSSR count). The van der Waals surface area contributed by atoms with Gasteiger partial charge in [0.05, 0.1) is 19.1 Å². The van der Waals surface area contributed by atoms with Crippen LogP contribution in [0.15, 0.2) is 54.6 Å². The Balaban J connectivity index is 0.000000341. The zero-order valence-electron chi connectivity index (χ0n) is 27.3. The van der Waals surface area contributed by atoms with Crippen molar-refractivity contribution in [1.82, 2.24) is 15.5 Å². The minimum Gasteiger partial charge on any atom is -0.491 e. The lowest BCUT2D eigenvalue weighted by atomic mass is 10.0. The summed E-state index contributed by atoms with van der Waals surface area (Å²) >= 11 is 0. The first-order valence-electron chi connectivity index (χ1n) is 15.8. The van der Waals surface area contributed by atoms with Gasteiger partial charge in [0.2, 0.25) is 11.8 Å². The average Bonchev–Trinajstić information content (AvgIpc) is 3.52. The van der Waals surface area contributed by atoms with Gasteiger partial charge >= 0.3 is 11.9 Å². The number of carbonyl (C=O) groups excluding carboxylic acids is 3. The molecule has 0 aliphatic carbocycles. The quantitative estimate of drug-likeness (QED) is 0.160. The molecule has 2 aromatic carbocycles. The third-order valence-corrected chi connectivity index (χ3v) is 7.28. The largest absolute Gasteiger partial charge is 0.491 e. The van der Waals surface area contributed by atoms with E-state index in [-0.39, 0.29) is 31.4 Å². The summed E-state index contributed by atoms with van der Waals surface area (Å²) in [6.07, 6.45) is 1.96. The SMILES string of the molecule is CC(C)NCC(O)COc1ccc(CC(N)=O)cc1.CCOC(=O)[C@H](CCc1ccccc1)N[C@@H](C)C(=O)N1CCC[C@H]1C(=O)O. The van der Waals surface area contributed by atoms with Crippen molar-refractivity contribution >= 4 is 23.8 Å². The van der Waals surface area contributed by atoms with E-state index >= 15 is 0 Å². The molecule has 0 aromatic heterocycles. The van der Waals surface area contributed by atoms with E-state index in [1.807, 2.05) is 44.2 Å². The zero-order valence-corrected chi connectivity index (χ0v) is 27.3. The second-order valence-corrected chi connectivity index (χ2v) is 11.6. The molecule has 4 atom stereocenters. The number of likely N-dealkylation sites (tertiary alicyclic amines) is 1. The van der Waals surface area contributed by atoms with E-state index in [2.05, 4.69) is 10.6 Å². The summed E-state index contributed by atoms with van der Waals surface area (Å²) in [6.45, 7) is 8.85. The molecule has 12 heteroatoms. The third-order valence-electron chi connectivity index (χ3n) is 7.28. The topological polar surface area (TPSA) is 181 Å². The number of carboxylic acids is 1. The smallest absolute Gasteiger partial charge is 0.326 e. The average molecular weight is 643 g/mol. The van der Waals surface area contributed by atoms with Crippen LogP contribution in [0.5, 0.6) is 5.75 Å². The summed E-state index contributed by atoms with van der Waals surface area (Å²) in [7, 11) is 0. The van der Waals surface area contributed by atoms with E-state index in [1.165, 1.54) is 4.90 Å². The number of aliphatic hydroxyl groups excluding tert-OH is 1. The third kappa shape index (κ3) is 14.0. The molecule has 0 bridgehead atoms. The lowest BCUT2D eigenvalue weighted by Gasteiger charge is -2.27. The van der Waals surface area contributed by atoms with E-state index in [0.717, 1.165) is 11.1 Å². The van der Waals surface area contributed by atoms with Crippen LogP contribution in [0.2, 0.25) is 0 Å². The number of rotatable bonds is 17. The normalized spacial score (nSPS) is 16.1. The fourth-order valence-corrected chi connectivity index (χ4v) is 4.90. The molecule has 46 heavy (non-hydrogen) atoms. The van der Waals surface area contributed by atoms with Crippen molar-refractivity contribution < 1.29 is 38.9 Å². The molecule has 1 saturated heterocycles. The maximum absolute atomic E-state index is 12.7. The molecule has 1 heterocycles. The van der Waals surface area contributed by atoms with Gasteiger partial charge < -0.3 is 35.6 Å². The van der Waals surface area contributed by atoms with E-state index in [1.54, 1.807) is 38.1 Å². The summed E-state index contributed by atoms with van der Waals surface area (Å²) in [4.78, 5) is 48.5. The van der Waals surface area contributed by atoms with Gasteiger partial charge in [0.15, 0.2) is 0 Å². The summed E-state index contributed by atoms with van der Waals surface area (Å²) < 4.78 is 10.6. The van der Waals surface area contributed by atoms with Crippen molar-refractivity contribution in [2.75, 3.05) is 26.3 Å². The second kappa shape index (κ2) is 20.2. The Morgan fingerprint density at radius 2 is 1.70 bits per heavy atom. The van der Waals surface area contributed by atoms with Crippen LogP contribution in [-0.4, -0.2) is 95.4 Å². The monoisotopic (exact) mass is 642 g/mol. The van der Waals surface area contributed by atoms with Gasteiger partial charge in [-0.15, -0.1) is 0 Å². The van der Waals surface area contributed by atoms with Crippen LogP contribution in [0.1, 0.15) is 58.1 Å². The number of esters is 1. The minimum absolute atomic E-state index is 0.223. The summed E-state index contributed by atoms with van der Waals surface area (Å²) in [6, 6.07) is 15.1. The highest BCUT2D eigenvalue weighted by Crippen LogP contribution is 2.19. The molecule has 1 unspecified atom stereocenters. The van der Waals surface area contributed by atoms with Crippen LogP contribution in [0.3, 0.4) is 0 Å². The Labute approximate surface area is 271 Å². The van der Waals surface area contributed by atoms with Gasteiger partial charge in [0, 0.05) is 19.1 Å². The highest BCUT2D eigenvalue weighted by atomic mass is 16.5. The van der Waals surface area contributed by atoms with Crippen LogP contribution in [0, 0.1) is 0 Å². The molecule has 6 N–H and O–H groups in total. The molecule has 2 amide bonds. The first-order valence-corrected chi connectivity index (χ1v) is 15.8. The standard InChI is InChI=1S/C20H28N2O5.C14H22N2O3/c1-3-27-20(26)16(12-11-15-8-5-4-6-9-15)21-14(2)18(23)22-13-7-10-17(22)19(24)25;1-10(2)16-8-12(17)9-19-13-5-3-11(4-6-13)7-14(15)18/h4-6,8-9,14,16-17,21H,3,7,10-13H2,1-2H3,(H,24,25);3-6,10,12,16-17H,7-9H2,1-2H3,(H2,15,18)/t14-,16-,17-;/m0./s1. The van der Waals surface area contributed by atoms with Gasteiger partial charge in [-0.25, -0.2) is 4.79 Å². The van der Waals surface area contributed by atoms with Crippen molar-refractivity contribution in [2.45, 2.75) is 90.1 Å². The number of nitrogens with zero attached hydrogens (tertiary/aromatic N) is 1. The van der Waals surface area contributed by atoms with Gasteiger partial charge in [-0.3, -0.25) is 19.7 Å². The zero-order chi connectivity index (χ0) is 34.1. The fourth-order valence-electron chi connectivity index (χ4n) is 4.90. The Kier molecular flexibility index (Phi) is 16.8. The van der Waals surface area contributed by atoms with Gasteiger partial charge in [-0.1, -0.05) is 56.3 Å². The predicted molar refractivity (Wildman–Crippen MR) is 174 cm³/mol. The lowest BCUT2D eigenvalue weighted by molar-refractivity contribution is -0.150. The van der Waals surface area contributed by atoms with Gasteiger partial charge in [-0.05, 0) is 62.8 Å². The van der Waals surface area contributed by atoms with Crippen LogP contribution >= 0.6 is 0 Å². The fraction of sp³-hybridized carbons (Fsp3) is 0.529. The number of aryl methyl sites for hydroxylation is 1. The maximum atomic E-state index is 12.7. The number of carboxylic acid groups (broad SMARTS) is 1. The van der Waals surface area contributed by atoms with Crippen molar-refractivity contribution in [3.05, 3.63) is 65.7 Å². The van der Waals surface area contributed by atoms with Crippen molar-refractivity contribution in [3.8, 4) is 5.75 Å². The Morgan fingerprint density at radius 3 is 2.28 bits per heavy atom. The van der Waals surface area contributed by atoms with Crippen LogP contribution in [0.4, 0.5) is 0 Å². The van der Waals surface area contributed by atoms with Gasteiger partial charge in [0.25, 0.3) is 0 Å². The molecular formula is C34H50N4O8. The Hall–Kier alpha value is -4.00. The molecule has 2 aromatic rings. The number of aliphatic carboxylic acids is 1. The Bertz CT molecular complexity index is 1230. The highest BCUT2D eigenvalue weighted by Gasteiger charge is 2.37. The summed E-state index contributed by atoms with van der Waals surface area (Å²) in [5.74, 6) is -1.38. The molecule has 1 aliphatic rings. The highest BCUT2D eigenvalue weighted by molar-refractivity contribution is 5.88. The van der Waals surface area contributed by atoms with Crippen molar-refractivity contribution in [1.29, 1.82) is 0 Å². The minimum atomic E-state index is -0.987. The summed E-state index contributed by atoms with van der Waals surface area (Å²) in [5, 5.41) is 25.1. The number of hydrogen-bond acceptors (Lipinski definition) is 9. The Morgan fingerprint density at radius 1 is 1.02 bits per heavy atom. The maximum Gasteiger partial charge on any atom is 0.326 e. The number of primary amides is 1. The van der Waals surface area contributed by atoms with Gasteiger partial charge in [-0.2, -0.15) is 0 Å². The number of ether oxygens (including phenoxy) is 2. The van der Waals surface area contributed by atoms with Crippen molar-refractivity contribution in [2.24, 2.45) is 5.73 Å². The van der Waals surface area contributed by atoms with E-state index in [9.17, 15) is 29.4 Å². The number of amides is 2. The predicted octanol–water partition coefficient (Wildman–Crippen LogP) is 2.06. The number of hydrogen-bond donors (Lipinski definition) is 5. The summed E-state index contributed by atoms with van der Waals surface area (Å²) in [5.41, 5.74) is 7.05. The first-order chi connectivity index (χ1) is 21.9. The molecular weight excluding hydrogens is 592 g/mol. The number of nitrogens with one attached hydrogen (secondary N) is 2. The molecule has 0 radical (unpaired) electrons. The second-order valence-electron chi connectivity index (χ2n) is 11.6. The number of aliphatic hydroxyl groups is 1. The molecule has 254 valence electrons. The molecule has 12 nitrogen and oxygen atoms in total. The van der Waals surface area contributed by atoms with E-state index in [4.69, 9.17) is 15.2 Å². The number of benzene rings is 2. The van der Waals surface area contributed by atoms with Crippen LogP contribution < -0.4 is 21.1 Å². The van der Waals surface area contributed by atoms with Crippen LogP contribution in [0.25, 0.3) is 0 Å². The molecule has 0 saturated carbocycles. The van der Waals surface area contributed by atoms with Gasteiger partial charge in [0.1, 0.15) is 30.5 Å². The van der Waals surface area contributed by atoms with E-state index in [0.29, 0.717) is 50.6 Å². The lowest BCUT2D eigenvalue weighted by Crippen LogP contribution is -2.53. The number of carbonyl (C=O) groups is 4. The molecule has 0 spiro atoms. The first kappa shape index (κ1) is 38.2. The van der Waals surface area contributed by atoms with Crippen molar-refractivity contribution in [3.63, 3.8) is 0 Å². The van der Waals surface area contributed by atoms with Crippen LogP contribution in [-0.2, 0) is 36.8 Å².